The van der Waals surface area contributed by atoms with Crippen molar-refractivity contribution >= 4 is 5.91 Å². The zero-order valence-electron chi connectivity index (χ0n) is 11.1. The zero-order valence-corrected chi connectivity index (χ0v) is 11.1. The normalized spacial score (nSPS) is 18.0. The highest BCUT2D eigenvalue weighted by atomic mass is 16.2. The van der Waals surface area contributed by atoms with Crippen LogP contribution >= 0.6 is 0 Å². The molecule has 100 valence electrons. The van der Waals surface area contributed by atoms with Crippen molar-refractivity contribution in [1.82, 2.24) is 9.88 Å². The van der Waals surface area contributed by atoms with E-state index < -0.39 is 0 Å². The molecular formula is C15H18N2O2. The van der Waals surface area contributed by atoms with Gasteiger partial charge in [-0.1, -0.05) is 18.8 Å². The highest BCUT2D eigenvalue weighted by molar-refractivity contribution is 5.94. The number of aliphatic hydroxyl groups is 1. The van der Waals surface area contributed by atoms with Crippen molar-refractivity contribution in [1.29, 1.82) is 0 Å². The van der Waals surface area contributed by atoms with Gasteiger partial charge in [0.2, 0.25) is 0 Å². The number of hydrogen-bond donors (Lipinski definition) is 1. The fraction of sp³-hybridized carbons (Fsp3) is 0.467. The largest absolute Gasteiger partial charge is 0.395 e. The molecular weight excluding hydrogens is 240 g/mol. The van der Waals surface area contributed by atoms with E-state index in [4.69, 9.17) is 5.11 Å². The molecule has 19 heavy (non-hydrogen) atoms. The molecule has 0 spiro atoms. The van der Waals surface area contributed by atoms with Crippen LogP contribution in [0.5, 0.6) is 0 Å². The smallest absolute Gasteiger partial charge is 0.273 e. The Morgan fingerprint density at radius 3 is 3.16 bits per heavy atom. The molecule has 1 saturated heterocycles. The van der Waals surface area contributed by atoms with Gasteiger partial charge in [0.15, 0.2) is 0 Å². The molecule has 0 aliphatic carbocycles. The van der Waals surface area contributed by atoms with E-state index in [2.05, 4.69) is 23.7 Å². The van der Waals surface area contributed by atoms with Crippen molar-refractivity contribution in [3.8, 4) is 11.8 Å². The Kier molecular flexibility index (Phi) is 4.53. The molecule has 1 fully saturated rings. The van der Waals surface area contributed by atoms with Gasteiger partial charge in [0.05, 0.1) is 12.2 Å². The van der Waals surface area contributed by atoms with Crippen molar-refractivity contribution in [2.75, 3.05) is 19.7 Å². The van der Waals surface area contributed by atoms with Crippen molar-refractivity contribution < 1.29 is 9.90 Å². The van der Waals surface area contributed by atoms with E-state index in [9.17, 15) is 4.79 Å². The number of amides is 1. The molecule has 1 aliphatic rings. The summed E-state index contributed by atoms with van der Waals surface area (Å²) in [4.78, 5) is 18.4. The van der Waals surface area contributed by atoms with Gasteiger partial charge < -0.3 is 10.0 Å². The summed E-state index contributed by atoms with van der Waals surface area (Å²) in [5.74, 6) is 6.25. The van der Waals surface area contributed by atoms with Gasteiger partial charge in [-0.2, -0.15) is 0 Å². The van der Waals surface area contributed by atoms with Crippen molar-refractivity contribution in [3.05, 3.63) is 29.6 Å². The van der Waals surface area contributed by atoms with E-state index in [-0.39, 0.29) is 12.5 Å². The van der Waals surface area contributed by atoms with E-state index >= 15 is 0 Å². The van der Waals surface area contributed by atoms with Crippen molar-refractivity contribution in [3.63, 3.8) is 0 Å². The van der Waals surface area contributed by atoms with Crippen LogP contribution in [0, 0.1) is 17.8 Å². The average Bonchev–Trinajstić information content (AvgIpc) is 2.85. The maximum absolute atomic E-state index is 12.4. The quantitative estimate of drug-likeness (QED) is 0.813. The maximum Gasteiger partial charge on any atom is 0.273 e. The van der Waals surface area contributed by atoms with E-state index in [1.165, 1.54) is 0 Å². The summed E-state index contributed by atoms with van der Waals surface area (Å²) in [6, 6.07) is 3.57. The van der Waals surface area contributed by atoms with Crippen LogP contribution in [-0.4, -0.2) is 40.6 Å². The Labute approximate surface area is 113 Å². The Morgan fingerprint density at radius 1 is 1.63 bits per heavy atom. The first-order chi connectivity index (χ1) is 9.22. The van der Waals surface area contributed by atoms with Crippen LogP contribution in [0.1, 0.15) is 35.8 Å². The second-order valence-corrected chi connectivity index (χ2v) is 4.82. The van der Waals surface area contributed by atoms with Crippen LogP contribution in [0.15, 0.2) is 18.3 Å². The minimum Gasteiger partial charge on any atom is -0.395 e. The number of aromatic nitrogens is 1. The lowest BCUT2D eigenvalue weighted by atomic mass is 10.1. The standard InChI is InChI=1S/C15H18N2O2/c1-12-7-9-17(11-12)15(19)14-13(5-2-3-10-18)6-4-8-16-14/h4,6,8,12,18H,3,7,9-11H2,1H3. The second kappa shape index (κ2) is 6.35. The van der Waals surface area contributed by atoms with E-state index in [1.807, 2.05) is 4.90 Å². The third-order valence-corrected chi connectivity index (χ3v) is 3.18. The summed E-state index contributed by atoms with van der Waals surface area (Å²) in [5, 5.41) is 8.73. The number of hydrogen-bond acceptors (Lipinski definition) is 3. The van der Waals surface area contributed by atoms with Gasteiger partial charge in [-0.25, -0.2) is 4.98 Å². The van der Waals surface area contributed by atoms with Crippen molar-refractivity contribution in [2.45, 2.75) is 19.8 Å². The van der Waals surface area contributed by atoms with Gasteiger partial charge >= 0.3 is 0 Å². The third-order valence-electron chi connectivity index (χ3n) is 3.18. The Hall–Kier alpha value is -1.86. The van der Waals surface area contributed by atoms with Crippen LogP contribution in [0.2, 0.25) is 0 Å². The number of likely N-dealkylation sites (tertiary alicyclic amines) is 1. The lowest BCUT2D eigenvalue weighted by Crippen LogP contribution is -2.29. The summed E-state index contributed by atoms with van der Waals surface area (Å²) < 4.78 is 0. The molecule has 2 heterocycles. The Morgan fingerprint density at radius 2 is 2.47 bits per heavy atom. The fourth-order valence-corrected chi connectivity index (χ4v) is 2.16. The molecule has 0 radical (unpaired) electrons. The lowest BCUT2D eigenvalue weighted by molar-refractivity contribution is 0.0782. The van der Waals surface area contributed by atoms with Gasteiger partial charge in [-0.05, 0) is 24.5 Å². The predicted molar refractivity (Wildman–Crippen MR) is 72.5 cm³/mol. The second-order valence-electron chi connectivity index (χ2n) is 4.82. The topological polar surface area (TPSA) is 53.4 Å². The number of aliphatic hydroxyl groups excluding tert-OH is 1. The number of carbonyl (C=O) groups excluding carboxylic acids is 1. The molecule has 0 saturated carbocycles. The minimum atomic E-state index is -0.0433. The molecule has 1 aromatic heterocycles. The molecule has 4 nitrogen and oxygen atoms in total. The predicted octanol–water partition coefficient (Wildman–Crippen LogP) is 1.30. The van der Waals surface area contributed by atoms with Crippen LogP contribution in [0.25, 0.3) is 0 Å². The maximum atomic E-state index is 12.4. The molecule has 4 heteroatoms. The fourth-order valence-electron chi connectivity index (χ4n) is 2.16. The number of carbonyl (C=O) groups is 1. The molecule has 0 bridgehead atoms. The first-order valence-corrected chi connectivity index (χ1v) is 6.56. The lowest BCUT2D eigenvalue weighted by Gasteiger charge is -2.15. The summed E-state index contributed by atoms with van der Waals surface area (Å²) >= 11 is 0. The summed E-state index contributed by atoms with van der Waals surface area (Å²) in [5.41, 5.74) is 1.06. The van der Waals surface area contributed by atoms with Crippen LogP contribution < -0.4 is 0 Å². The molecule has 1 N–H and O–H groups in total. The van der Waals surface area contributed by atoms with Gasteiger partial charge in [-0.15, -0.1) is 0 Å². The summed E-state index contributed by atoms with van der Waals surface area (Å²) in [6.45, 7) is 3.76. The Balaban J connectivity index is 2.20. The van der Waals surface area contributed by atoms with Gasteiger partial charge in [-0.3, -0.25) is 4.79 Å². The van der Waals surface area contributed by atoms with Gasteiger partial charge in [0.1, 0.15) is 5.69 Å². The molecule has 2 rings (SSSR count). The third kappa shape index (κ3) is 3.33. The first-order valence-electron chi connectivity index (χ1n) is 6.56. The SMILES string of the molecule is CC1CCN(C(=O)c2ncccc2C#CCCO)C1. The molecule has 1 atom stereocenters. The summed E-state index contributed by atoms with van der Waals surface area (Å²) in [6.07, 6.45) is 3.07. The van der Waals surface area contributed by atoms with Crippen molar-refractivity contribution in [2.24, 2.45) is 5.92 Å². The monoisotopic (exact) mass is 258 g/mol. The molecule has 1 aromatic rings. The Bertz CT molecular complexity index is 516. The van der Waals surface area contributed by atoms with Crippen LogP contribution in [0.3, 0.4) is 0 Å². The first kappa shape index (κ1) is 13.6. The zero-order chi connectivity index (χ0) is 13.7. The average molecular weight is 258 g/mol. The van der Waals surface area contributed by atoms with Gasteiger partial charge in [0, 0.05) is 25.7 Å². The van der Waals surface area contributed by atoms with Gasteiger partial charge in [0.25, 0.3) is 5.91 Å². The van der Waals surface area contributed by atoms with Crippen LogP contribution in [-0.2, 0) is 0 Å². The van der Waals surface area contributed by atoms with E-state index in [0.717, 1.165) is 19.5 Å². The molecule has 1 aliphatic heterocycles. The number of pyridine rings is 1. The molecule has 1 amide bonds. The number of rotatable bonds is 2. The highest BCUT2D eigenvalue weighted by Gasteiger charge is 2.26. The van der Waals surface area contributed by atoms with Crippen LogP contribution in [0.4, 0.5) is 0 Å². The molecule has 0 aromatic carbocycles. The summed E-state index contributed by atoms with van der Waals surface area (Å²) in [7, 11) is 0. The van der Waals surface area contributed by atoms with E-state index in [1.54, 1.807) is 18.3 Å². The minimum absolute atomic E-state index is 0.0280. The van der Waals surface area contributed by atoms with E-state index in [0.29, 0.717) is 23.6 Å². The number of nitrogens with zero attached hydrogens (tertiary/aromatic N) is 2. The highest BCUT2D eigenvalue weighted by Crippen LogP contribution is 2.18. The molecule has 1 unspecified atom stereocenters.